The SMILES string of the molecule is NC[C@H](F)Cc1cccc(Cl)c1. The van der Waals surface area contributed by atoms with Crippen LogP contribution in [-0.2, 0) is 6.42 Å². The van der Waals surface area contributed by atoms with E-state index in [1.54, 1.807) is 18.2 Å². The van der Waals surface area contributed by atoms with Crippen molar-refractivity contribution in [1.29, 1.82) is 0 Å². The van der Waals surface area contributed by atoms with Gasteiger partial charge in [0.1, 0.15) is 6.17 Å². The topological polar surface area (TPSA) is 26.0 Å². The molecule has 1 nitrogen and oxygen atoms in total. The summed E-state index contributed by atoms with van der Waals surface area (Å²) in [7, 11) is 0. The van der Waals surface area contributed by atoms with E-state index in [-0.39, 0.29) is 6.54 Å². The Morgan fingerprint density at radius 2 is 2.25 bits per heavy atom. The molecule has 0 saturated carbocycles. The van der Waals surface area contributed by atoms with Gasteiger partial charge in [-0.1, -0.05) is 23.7 Å². The van der Waals surface area contributed by atoms with Crippen molar-refractivity contribution in [3.8, 4) is 0 Å². The Kier molecular flexibility index (Phi) is 3.50. The fourth-order valence-corrected chi connectivity index (χ4v) is 1.22. The van der Waals surface area contributed by atoms with E-state index in [0.29, 0.717) is 11.4 Å². The van der Waals surface area contributed by atoms with Crippen LogP contribution in [0.2, 0.25) is 5.02 Å². The van der Waals surface area contributed by atoms with Crippen molar-refractivity contribution < 1.29 is 4.39 Å². The van der Waals surface area contributed by atoms with E-state index in [1.807, 2.05) is 6.07 Å². The average Bonchev–Trinajstić information content (AvgIpc) is 2.04. The molecule has 0 saturated heterocycles. The number of rotatable bonds is 3. The predicted octanol–water partition coefficient (Wildman–Crippen LogP) is 2.18. The van der Waals surface area contributed by atoms with E-state index in [2.05, 4.69) is 0 Å². The normalized spacial score (nSPS) is 12.9. The van der Waals surface area contributed by atoms with Crippen molar-refractivity contribution in [2.24, 2.45) is 5.73 Å². The molecular weight excluding hydrogens is 177 g/mol. The van der Waals surface area contributed by atoms with Crippen LogP contribution in [0.25, 0.3) is 0 Å². The first-order valence-electron chi connectivity index (χ1n) is 3.81. The zero-order valence-corrected chi connectivity index (χ0v) is 7.39. The molecule has 1 atom stereocenters. The van der Waals surface area contributed by atoms with E-state index in [4.69, 9.17) is 17.3 Å². The zero-order chi connectivity index (χ0) is 8.97. The number of halogens is 2. The molecule has 0 spiro atoms. The highest BCUT2D eigenvalue weighted by Gasteiger charge is 2.04. The van der Waals surface area contributed by atoms with Crippen LogP contribution in [0.1, 0.15) is 5.56 Å². The van der Waals surface area contributed by atoms with Gasteiger partial charge in [-0.3, -0.25) is 0 Å². The first-order chi connectivity index (χ1) is 5.72. The third-order valence-electron chi connectivity index (χ3n) is 1.60. The second kappa shape index (κ2) is 4.43. The third-order valence-corrected chi connectivity index (χ3v) is 1.84. The Hall–Kier alpha value is -0.600. The van der Waals surface area contributed by atoms with Gasteiger partial charge < -0.3 is 5.73 Å². The Labute approximate surface area is 76.3 Å². The summed E-state index contributed by atoms with van der Waals surface area (Å²) < 4.78 is 12.8. The minimum absolute atomic E-state index is 0.0620. The third kappa shape index (κ3) is 2.80. The molecule has 0 fully saturated rings. The summed E-state index contributed by atoms with van der Waals surface area (Å²) in [6.07, 6.45) is -0.625. The van der Waals surface area contributed by atoms with Gasteiger partial charge in [-0.05, 0) is 17.7 Å². The van der Waals surface area contributed by atoms with Gasteiger partial charge in [-0.2, -0.15) is 0 Å². The Balaban J connectivity index is 2.63. The van der Waals surface area contributed by atoms with E-state index in [1.165, 1.54) is 0 Å². The van der Waals surface area contributed by atoms with Gasteiger partial charge in [0.2, 0.25) is 0 Å². The van der Waals surface area contributed by atoms with Gasteiger partial charge in [0, 0.05) is 18.0 Å². The lowest BCUT2D eigenvalue weighted by Crippen LogP contribution is -2.17. The van der Waals surface area contributed by atoms with Gasteiger partial charge in [-0.15, -0.1) is 0 Å². The molecule has 3 heteroatoms. The van der Waals surface area contributed by atoms with E-state index in [9.17, 15) is 4.39 Å². The molecule has 1 aromatic carbocycles. The maximum atomic E-state index is 12.8. The molecule has 2 N–H and O–H groups in total. The highest BCUT2D eigenvalue weighted by molar-refractivity contribution is 6.30. The number of benzene rings is 1. The number of alkyl halides is 1. The molecule has 0 aliphatic rings. The lowest BCUT2D eigenvalue weighted by molar-refractivity contribution is 0.340. The van der Waals surface area contributed by atoms with Crippen molar-refractivity contribution in [1.82, 2.24) is 0 Å². The molecule has 0 radical (unpaired) electrons. The maximum absolute atomic E-state index is 12.8. The van der Waals surface area contributed by atoms with E-state index < -0.39 is 6.17 Å². The fraction of sp³-hybridized carbons (Fsp3) is 0.333. The van der Waals surface area contributed by atoms with Crippen LogP contribution in [0, 0.1) is 0 Å². The van der Waals surface area contributed by atoms with Gasteiger partial charge in [0.05, 0.1) is 0 Å². The molecular formula is C9H11ClFN. The zero-order valence-electron chi connectivity index (χ0n) is 6.63. The molecule has 1 rings (SSSR count). The maximum Gasteiger partial charge on any atom is 0.116 e. The first-order valence-corrected chi connectivity index (χ1v) is 4.18. The van der Waals surface area contributed by atoms with Crippen LogP contribution < -0.4 is 5.73 Å². The monoisotopic (exact) mass is 187 g/mol. The summed E-state index contributed by atoms with van der Waals surface area (Å²) in [6.45, 7) is 0.0620. The highest BCUT2D eigenvalue weighted by Crippen LogP contribution is 2.12. The van der Waals surface area contributed by atoms with Gasteiger partial charge in [0.15, 0.2) is 0 Å². The molecule has 66 valence electrons. The lowest BCUT2D eigenvalue weighted by atomic mass is 10.1. The number of hydrogen-bond acceptors (Lipinski definition) is 1. The summed E-state index contributed by atoms with van der Waals surface area (Å²) in [5.41, 5.74) is 6.04. The van der Waals surface area contributed by atoms with Crippen LogP contribution in [0.15, 0.2) is 24.3 Å². The number of nitrogens with two attached hydrogens (primary N) is 1. The van der Waals surface area contributed by atoms with Crippen molar-refractivity contribution in [2.45, 2.75) is 12.6 Å². The van der Waals surface area contributed by atoms with Crippen LogP contribution in [0.4, 0.5) is 4.39 Å². The van der Waals surface area contributed by atoms with Crippen molar-refractivity contribution in [3.63, 3.8) is 0 Å². The summed E-state index contributed by atoms with van der Waals surface area (Å²) >= 11 is 5.72. The molecule has 0 aliphatic carbocycles. The molecule has 0 bridgehead atoms. The quantitative estimate of drug-likeness (QED) is 0.772. The predicted molar refractivity (Wildman–Crippen MR) is 49.1 cm³/mol. The van der Waals surface area contributed by atoms with Crippen LogP contribution in [0.3, 0.4) is 0 Å². The van der Waals surface area contributed by atoms with Gasteiger partial charge in [-0.25, -0.2) is 4.39 Å². The molecule has 0 unspecified atom stereocenters. The highest BCUT2D eigenvalue weighted by atomic mass is 35.5. The minimum Gasteiger partial charge on any atom is -0.328 e. The summed E-state index contributed by atoms with van der Waals surface area (Å²) in [5, 5.41) is 0.636. The van der Waals surface area contributed by atoms with Crippen LogP contribution in [0.5, 0.6) is 0 Å². The fourth-order valence-electron chi connectivity index (χ4n) is 1.00. The Morgan fingerprint density at radius 3 is 2.83 bits per heavy atom. The Morgan fingerprint density at radius 1 is 1.50 bits per heavy atom. The van der Waals surface area contributed by atoms with E-state index >= 15 is 0 Å². The largest absolute Gasteiger partial charge is 0.328 e. The standard InChI is InChI=1S/C9H11ClFN/c10-8-3-1-2-7(4-8)5-9(11)6-12/h1-4,9H,5-6,12H2/t9-/m1/s1. The second-order valence-corrected chi connectivity index (χ2v) is 3.10. The van der Waals surface area contributed by atoms with Crippen molar-refractivity contribution in [2.75, 3.05) is 6.54 Å². The smallest absolute Gasteiger partial charge is 0.116 e. The van der Waals surface area contributed by atoms with E-state index in [0.717, 1.165) is 5.56 Å². The molecule has 0 amide bonds. The summed E-state index contributed by atoms with van der Waals surface area (Å²) in [4.78, 5) is 0. The second-order valence-electron chi connectivity index (χ2n) is 2.67. The molecule has 1 aromatic rings. The lowest BCUT2D eigenvalue weighted by Gasteiger charge is -2.04. The average molecular weight is 188 g/mol. The molecule has 0 aliphatic heterocycles. The van der Waals surface area contributed by atoms with Crippen LogP contribution in [-0.4, -0.2) is 12.7 Å². The van der Waals surface area contributed by atoms with Gasteiger partial charge in [0.25, 0.3) is 0 Å². The summed E-state index contributed by atoms with van der Waals surface area (Å²) in [5.74, 6) is 0. The molecule has 12 heavy (non-hydrogen) atoms. The van der Waals surface area contributed by atoms with Crippen molar-refractivity contribution >= 4 is 11.6 Å². The Bertz CT molecular complexity index is 252. The first kappa shape index (κ1) is 9.49. The molecule has 0 heterocycles. The number of hydrogen-bond donors (Lipinski definition) is 1. The van der Waals surface area contributed by atoms with Crippen LogP contribution >= 0.6 is 11.6 Å². The van der Waals surface area contributed by atoms with Crippen molar-refractivity contribution in [3.05, 3.63) is 34.9 Å². The summed E-state index contributed by atoms with van der Waals surface area (Å²) in [6, 6.07) is 7.17. The van der Waals surface area contributed by atoms with Gasteiger partial charge >= 0.3 is 0 Å². The minimum atomic E-state index is -0.969. The molecule has 0 aromatic heterocycles.